The van der Waals surface area contributed by atoms with Crippen LogP contribution in [-0.2, 0) is 6.54 Å². The van der Waals surface area contributed by atoms with Gasteiger partial charge in [0.25, 0.3) is 0 Å². The van der Waals surface area contributed by atoms with Gasteiger partial charge in [0.05, 0.1) is 0 Å². The van der Waals surface area contributed by atoms with Gasteiger partial charge in [0.2, 0.25) is 0 Å². The number of nitrogens with one attached hydrogen (secondary N) is 1. The molecule has 0 aromatic carbocycles. The molecule has 0 bridgehead atoms. The largest absolute Gasteiger partial charge is 0.358 e. The highest BCUT2D eigenvalue weighted by molar-refractivity contribution is 5.40. The van der Waals surface area contributed by atoms with Gasteiger partial charge in [0.15, 0.2) is 0 Å². The third kappa shape index (κ3) is 3.93. The van der Waals surface area contributed by atoms with Gasteiger partial charge >= 0.3 is 0 Å². The van der Waals surface area contributed by atoms with Gasteiger partial charge in [-0.25, -0.2) is 4.98 Å². The van der Waals surface area contributed by atoms with E-state index in [1.165, 1.54) is 44.3 Å². The molecule has 0 amide bonds. The zero-order valence-corrected chi connectivity index (χ0v) is 12.5. The van der Waals surface area contributed by atoms with Crippen LogP contribution in [0.5, 0.6) is 0 Å². The summed E-state index contributed by atoms with van der Waals surface area (Å²) in [6.45, 7) is 5.73. The van der Waals surface area contributed by atoms with E-state index < -0.39 is 0 Å². The number of anilines is 1. The molecule has 1 aromatic rings. The van der Waals surface area contributed by atoms with Crippen LogP contribution in [0.2, 0.25) is 0 Å². The van der Waals surface area contributed by atoms with Crippen LogP contribution in [0.25, 0.3) is 0 Å². The minimum Gasteiger partial charge on any atom is -0.358 e. The third-order valence-corrected chi connectivity index (χ3v) is 4.32. The van der Waals surface area contributed by atoms with E-state index in [1.807, 2.05) is 6.20 Å². The average molecular weight is 274 g/mol. The summed E-state index contributed by atoms with van der Waals surface area (Å²) in [6.07, 6.45) is 7.35. The molecule has 1 aliphatic heterocycles. The lowest BCUT2D eigenvalue weighted by Crippen LogP contribution is -2.31. The smallest absolute Gasteiger partial charge is 0.128 e. The molecule has 2 aliphatic rings. The highest BCUT2D eigenvalue weighted by Crippen LogP contribution is 2.20. The van der Waals surface area contributed by atoms with E-state index in [0.29, 0.717) is 0 Å². The number of nitrogens with zero attached hydrogens (tertiary/aromatic N) is 3. The molecule has 1 saturated carbocycles. The predicted molar refractivity (Wildman–Crippen MR) is 83.0 cm³/mol. The number of likely N-dealkylation sites (N-methyl/N-ethyl adjacent to an activating group) is 1. The van der Waals surface area contributed by atoms with Crippen molar-refractivity contribution in [3.8, 4) is 0 Å². The molecule has 2 fully saturated rings. The number of hydrogen-bond donors (Lipinski definition) is 1. The Morgan fingerprint density at radius 3 is 2.90 bits per heavy atom. The van der Waals surface area contributed by atoms with Crippen molar-refractivity contribution in [1.82, 2.24) is 15.2 Å². The highest BCUT2D eigenvalue weighted by atomic mass is 15.2. The van der Waals surface area contributed by atoms with Crippen LogP contribution >= 0.6 is 0 Å². The molecular weight excluding hydrogens is 248 g/mol. The van der Waals surface area contributed by atoms with Crippen molar-refractivity contribution >= 4 is 5.82 Å². The van der Waals surface area contributed by atoms with Crippen molar-refractivity contribution in [3.05, 3.63) is 23.9 Å². The van der Waals surface area contributed by atoms with E-state index in [0.717, 1.165) is 31.5 Å². The first kappa shape index (κ1) is 13.8. The van der Waals surface area contributed by atoms with E-state index in [-0.39, 0.29) is 0 Å². The predicted octanol–water partition coefficient (Wildman–Crippen LogP) is 1.87. The molecule has 4 heteroatoms. The van der Waals surface area contributed by atoms with Crippen LogP contribution in [0.15, 0.2) is 18.3 Å². The standard InChI is InChI=1S/C16H26N4/c1-19(10-11-20-8-2-3-9-20)16-12-14(6-7-17-16)13-18-15-4-5-15/h6-7,12,15,18H,2-5,8-11,13H2,1H3. The van der Waals surface area contributed by atoms with Gasteiger partial charge in [0, 0.05) is 38.9 Å². The molecule has 110 valence electrons. The lowest BCUT2D eigenvalue weighted by molar-refractivity contribution is 0.346. The quantitative estimate of drug-likeness (QED) is 0.822. The van der Waals surface area contributed by atoms with Crippen LogP contribution in [0.1, 0.15) is 31.2 Å². The van der Waals surface area contributed by atoms with Crippen LogP contribution < -0.4 is 10.2 Å². The molecule has 1 aliphatic carbocycles. The molecule has 3 rings (SSSR count). The maximum absolute atomic E-state index is 4.51. The first-order valence-corrected chi connectivity index (χ1v) is 7.93. The summed E-state index contributed by atoms with van der Waals surface area (Å²) in [4.78, 5) is 9.33. The first-order chi connectivity index (χ1) is 9.81. The maximum atomic E-state index is 4.51. The summed E-state index contributed by atoms with van der Waals surface area (Å²) in [5.74, 6) is 1.10. The van der Waals surface area contributed by atoms with E-state index in [9.17, 15) is 0 Å². The zero-order valence-electron chi connectivity index (χ0n) is 12.5. The van der Waals surface area contributed by atoms with Crippen molar-refractivity contribution in [3.63, 3.8) is 0 Å². The Bertz CT molecular complexity index is 424. The van der Waals surface area contributed by atoms with Gasteiger partial charge in [-0.15, -0.1) is 0 Å². The number of aromatic nitrogens is 1. The fourth-order valence-electron chi connectivity index (χ4n) is 2.74. The summed E-state index contributed by atoms with van der Waals surface area (Å²) in [7, 11) is 2.15. The van der Waals surface area contributed by atoms with Crippen LogP contribution in [0.4, 0.5) is 5.82 Å². The molecule has 2 heterocycles. The molecule has 20 heavy (non-hydrogen) atoms. The summed E-state index contributed by atoms with van der Waals surface area (Å²) in [6, 6.07) is 5.10. The lowest BCUT2D eigenvalue weighted by atomic mass is 10.2. The molecule has 4 nitrogen and oxygen atoms in total. The molecule has 1 aromatic heterocycles. The Hall–Kier alpha value is -1.13. The second-order valence-electron chi connectivity index (χ2n) is 6.15. The van der Waals surface area contributed by atoms with Crippen LogP contribution in [0.3, 0.4) is 0 Å². The molecular formula is C16H26N4. The minimum absolute atomic E-state index is 0.763. The van der Waals surface area contributed by atoms with Crippen LogP contribution in [0, 0.1) is 0 Å². The maximum Gasteiger partial charge on any atom is 0.128 e. The van der Waals surface area contributed by atoms with Gasteiger partial charge in [-0.05, 0) is 56.5 Å². The second kappa shape index (κ2) is 6.55. The third-order valence-electron chi connectivity index (χ3n) is 4.32. The Morgan fingerprint density at radius 1 is 1.35 bits per heavy atom. The molecule has 0 atom stereocenters. The highest BCUT2D eigenvalue weighted by Gasteiger charge is 2.20. The summed E-state index contributed by atoms with van der Waals surface area (Å²) in [5, 5.41) is 3.56. The zero-order chi connectivity index (χ0) is 13.8. The SMILES string of the molecule is CN(CCN1CCCC1)c1cc(CNC2CC2)ccn1. The van der Waals surface area contributed by atoms with Gasteiger partial charge in [-0.2, -0.15) is 0 Å². The molecule has 0 spiro atoms. The number of pyridine rings is 1. The Kier molecular flexibility index (Phi) is 4.53. The van der Waals surface area contributed by atoms with E-state index >= 15 is 0 Å². The van der Waals surface area contributed by atoms with E-state index in [1.54, 1.807) is 0 Å². The lowest BCUT2D eigenvalue weighted by Gasteiger charge is -2.22. The van der Waals surface area contributed by atoms with Gasteiger partial charge in [-0.1, -0.05) is 0 Å². The first-order valence-electron chi connectivity index (χ1n) is 7.93. The second-order valence-corrected chi connectivity index (χ2v) is 6.15. The fourth-order valence-corrected chi connectivity index (χ4v) is 2.74. The van der Waals surface area contributed by atoms with Gasteiger partial charge in [-0.3, -0.25) is 0 Å². The molecule has 0 unspecified atom stereocenters. The topological polar surface area (TPSA) is 31.4 Å². The number of rotatable bonds is 7. The number of hydrogen-bond acceptors (Lipinski definition) is 4. The molecule has 1 N–H and O–H groups in total. The molecule has 0 radical (unpaired) electrons. The van der Waals surface area contributed by atoms with Crippen molar-refractivity contribution < 1.29 is 0 Å². The minimum atomic E-state index is 0.763. The monoisotopic (exact) mass is 274 g/mol. The fraction of sp³-hybridized carbons (Fsp3) is 0.688. The number of likely N-dealkylation sites (tertiary alicyclic amines) is 1. The van der Waals surface area contributed by atoms with Crippen LogP contribution in [-0.4, -0.2) is 49.2 Å². The van der Waals surface area contributed by atoms with Crippen molar-refractivity contribution in [1.29, 1.82) is 0 Å². The van der Waals surface area contributed by atoms with Gasteiger partial charge < -0.3 is 15.1 Å². The summed E-state index contributed by atoms with van der Waals surface area (Å²) in [5.41, 5.74) is 1.34. The Morgan fingerprint density at radius 2 is 2.15 bits per heavy atom. The van der Waals surface area contributed by atoms with E-state index in [2.05, 4.69) is 39.3 Å². The molecule has 1 saturated heterocycles. The average Bonchev–Trinajstić information content (AvgIpc) is 3.17. The van der Waals surface area contributed by atoms with Crippen molar-refractivity contribution in [2.45, 2.75) is 38.3 Å². The van der Waals surface area contributed by atoms with Crippen molar-refractivity contribution in [2.75, 3.05) is 38.1 Å². The van der Waals surface area contributed by atoms with Gasteiger partial charge in [0.1, 0.15) is 5.82 Å². The summed E-state index contributed by atoms with van der Waals surface area (Å²) >= 11 is 0. The normalized spacial score (nSPS) is 19.4. The van der Waals surface area contributed by atoms with Crippen molar-refractivity contribution in [2.24, 2.45) is 0 Å². The van der Waals surface area contributed by atoms with E-state index in [4.69, 9.17) is 0 Å². The summed E-state index contributed by atoms with van der Waals surface area (Å²) < 4.78 is 0. The Balaban J connectivity index is 1.50. The Labute approximate surface area is 122 Å².